The van der Waals surface area contributed by atoms with Gasteiger partial charge in [0, 0.05) is 30.9 Å². The quantitative estimate of drug-likeness (QED) is 0.883. The molecular weight excluding hydrogens is 224 g/mol. The van der Waals surface area contributed by atoms with Gasteiger partial charge in [0.15, 0.2) is 0 Å². The Balaban J connectivity index is 1.66. The SMILES string of the molecule is O=C1CCCN1c1cccc(NCC2CCC2)c1. The summed E-state index contributed by atoms with van der Waals surface area (Å²) >= 11 is 0. The van der Waals surface area contributed by atoms with E-state index < -0.39 is 0 Å². The normalized spacial score (nSPS) is 20.0. The van der Waals surface area contributed by atoms with Crippen LogP contribution in [0.3, 0.4) is 0 Å². The Morgan fingerprint density at radius 2 is 2.17 bits per heavy atom. The molecule has 3 nitrogen and oxygen atoms in total. The van der Waals surface area contributed by atoms with Gasteiger partial charge in [0.1, 0.15) is 0 Å². The average molecular weight is 244 g/mol. The van der Waals surface area contributed by atoms with Crippen LogP contribution in [0.4, 0.5) is 11.4 Å². The van der Waals surface area contributed by atoms with E-state index >= 15 is 0 Å². The summed E-state index contributed by atoms with van der Waals surface area (Å²) < 4.78 is 0. The van der Waals surface area contributed by atoms with Gasteiger partial charge in [0.05, 0.1) is 0 Å². The van der Waals surface area contributed by atoms with E-state index in [0.29, 0.717) is 6.42 Å². The predicted molar refractivity (Wildman–Crippen MR) is 73.9 cm³/mol. The number of amides is 1. The van der Waals surface area contributed by atoms with Crippen molar-refractivity contribution in [1.82, 2.24) is 0 Å². The number of rotatable bonds is 4. The number of anilines is 2. The van der Waals surface area contributed by atoms with Gasteiger partial charge in [-0.3, -0.25) is 4.79 Å². The molecule has 0 aromatic heterocycles. The van der Waals surface area contributed by atoms with E-state index in [1.165, 1.54) is 19.3 Å². The Labute approximate surface area is 108 Å². The van der Waals surface area contributed by atoms with Crippen LogP contribution in [-0.2, 0) is 4.79 Å². The second kappa shape index (κ2) is 5.01. The van der Waals surface area contributed by atoms with E-state index in [0.717, 1.165) is 36.8 Å². The highest BCUT2D eigenvalue weighted by Crippen LogP contribution is 2.28. The van der Waals surface area contributed by atoms with Crippen LogP contribution in [0.15, 0.2) is 24.3 Å². The van der Waals surface area contributed by atoms with Gasteiger partial charge in [-0.05, 0) is 43.4 Å². The summed E-state index contributed by atoms with van der Waals surface area (Å²) in [6.45, 7) is 1.93. The van der Waals surface area contributed by atoms with Crippen LogP contribution >= 0.6 is 0 Å². The molecular formula is C15H20N2O. The lowest BCUT2D eigenvalue weighted by Gasteiger charge is -2.26. The summed E-state index contributed by atoms with van der Waals surface area (Å²) in [7, 11) is 0. The number of hydrogen-bond acceptors (Lipinski definition) is 2. The van der Waals surface area contributed by atoms with E-state index in [-0.39, 0.29) is 5.91 Å². The molecule has 1 aromatic rings. The number of carbonyl (C=O) groups excluding carboxylic acids is 1. The van der Waals surface area contributed by atoms with Crippen molar-refractivity contribution in [2.45, 2.75) is 32.1 Å². The third kappa shape index (κ3) is 2.35. The first-order valence-corrected chi connectivity index (χ1v) is 6.97. The molecule has 96 valence electrons. The summed E-state index contributed by atoms with van der Waals surface area (Å²) in [6, 6.07) is 8.24. The van der Waals surface area contributed by atoms with Crippen LogP contribution in [-0.4, -0.2) is 19.0 Å². The Kier molecular flexibility index (Phi) is 3.22. The maximum Gasteiger partial charge on any atom is 0.227 e. The van der Waals surface area contributed by atoms with Crippen molar-refractivity contribution in [3.63, 3.8) is 0 Å². The summed E-state index contributed by atoms with van der Waals surface area (Å²) in [4.78, 5) is 13.6. The van der Waals surface area contributed by atoms with Crippen molar-refractivity contribution in [1.29, 1.82) is 0 Å². The summed E-state index contributed by atoms with van der Waals surface area (Å²) in [5, 5.41) is 3.49. The minimum Gasteiger partial charge on any atom is -0.385 e. The minimum absolute atomic E-state index is 0.256. The second-order valence-corrected chi connectivity index (χ2v) is 5.38. The third-order valence-corrected chi connectivity index (χ3v) is 4.05. The molecule has 1 heterocycles. The van der Waals surface area contributed by atoms with Crippen LogP contribution in [0, 0.1) is 5.92 Å². The highest BCUT2D eigenvalue weighted by molar-refractivity contribution is 5.95. The maximum atomic E-state index is 11.7. The van der Waals surface area contributed by atoms with E-state index in [4.69, 9.17) is 0 Å². The Bertz CT molecular complexity index is 440. The molecule has 3 heteroatoms. The number of nitrogens with zero attached hydrogens (tertiary/aromatic N) is 1. The zero-order chi connectivity index (χ0) is 12.4. The van der Waals surface area contributed by atoms with Gasteiger partial charge in [-0.1, -0.05) is 12.5 Å². The van der Waals surface area contributed by atoms with Gasteiger partial charge in [0.25, 0.3) is 0 Å². The lowest BCUT2D eigenvalue weighted by atomic mass is 9.85. The molecule has 3 rings (SSSR count). The molecule has 0 bridgehead atoms. The fourth-order valence-electron chi connectivity index (χ4n) is 2.66. The highest BCUT2D eigenvalue weighted by Gasteiger charge is 2.22. The Morgan fingerprint density at radius 3 is 2.83 bits per heavy atom. The molecule has 2 aliphatic rings. The first kappa shape index (κ1) is 11.6. The lowest BCUT2D eigenvalue weighted by Crippen LogP contribution is -2.24. The molecule has 1 aliphatic heterocycles. The standard InChI is InChI=1S/C15H20N2O/c18-15-8-3-9-17(15)14-7-2-6-13(10-14)16-11-12-4-1-5-12/h2,6-7,10,12,16H,1,3-5,8-9,11H2. The molecule has 1 aliphatic carbocycles. The largest absolute Gasteiger partial charge is 0.385 e. The molecule has 18 heavy (non-hydrogen) atoms. The van der Waals surface area contributed by atoms with Gasteiger partial charge < -0.3 is 10.2 Å². The molecule has 0 radical (unpaired) electrons. The van der Waals surface area contributed by atoms with Gasteiger partial charge >= 0.3 is 0 Å². The van der Waals surface area contributed by atoms with Crippen molar-refractivity contribution in [3.05, 3.63) is 24.3 Å². The Hall–Kier alpha value is -1.51. The number of nitrogens with one attached hydrogen (secondary N) is 1. The van der Waals surface area contributed by atoms with E-state index in [1.807, 2.05) is 17.0 Å². The molecule has 1 aromatic carbocycles. The molecule has 1 saturated carbocycles. The van der Waals surface area contributed by atoms with E-state index in [1.54, 1.807) is 0 Å². The summed E-state index contributed by atoms with van der Waals surface area (Å²) in [5.41, 5.74) is 2.18. The monoisotopic (exact) mass is 244 g/mol. The molecule has 0 spiro atoms. The smallest absolute Gasteiger partial charge is 0.227 e. The number of benzene rings is 1. The number of carbonyl (C=O) groups is 1. The fourth-order valence-corrected chi connectivity index (χ4v) is 2.66. The van der Waals surface area contributed by atoms with Crippen molar-refractivity contribution in [3.8, 4) is 0 Å². The summed E-state index contributed by atoms with van der Waals surface area (Å²) in [6.07, 6.45) is 5.78. The van der Waals surface area contributed by atoms with Crippen LogP contribution in [0.2, 0.25) is 0 Å². The first-order valence-electron chi connectivity index (χ1n) is 6.97. The topological polar surface area (TPSA) is 32.3 Å². The van der Waals surface area contributed by atoms with Crippen LogP contribution < -0.4 is 10.2 Å². The van der Waals surface area contributed by atoms with Crippen LogP contribution in [0.25, 0.3) is 0 Å². The Morgan fingerprint density at radius 1 is 1.28 bits per heavy atom. The van der Waals surface area contributed by atoms with E-state index in [2.05, 4.69) is 17.4 Å². The van der Waals surface area contributed by atoms with Crippen molar-refractivity contribution < 1.29 is 4.79 Å². The molecule has 1 amide bonds. The van der Waals surface area contributed by atoms with Crippen LogP contribution in [0.5, 0.6) is 0 Å². The summed E-state index contributed by atoms with van der Waals surface area (Å²) in [5.74, 6) is 1.10. The van der Waals surface area contributed by atoms with Gasteiger partial charge in [-0.25, -0.2) is 0 Å². The first-order chi connectivity index (χ1) is 8.83. The highest BCUT2D eigenvalue weighted by atomic mass is 16.2. The van der Waals surface area contributed by atoms with Gasteiger partial charge in [-0.2, -0.15) is 0 Å². The fraction of sp³-hybridized carbons (Fsp3) is 0.533. The van der Waals surface area contributed by atoms with Crippen molar-refractivity contribution >= 4 is 17.3 Å². The van der Waals surface area contributed by atoms with Gasteiger partial charge in [-0.15, -0.1) is 0 Å². The van der Waals surface area contributed by atoms with Crippen molar-refractivity contribution in [2.75, 3.05) is 23.3 Å². The van der Waals surface area contributed by atoms with Crippen LogP contribution in [0.1, 0.15) is 32.1 Å². The molecule has 0 unspecified atom stereocenters. The average Bonchev–Trinajstić information content (AvgIpc) is 2.74. The maximum absolute atomic E-state index is 11.7. The minimum atomic E-state index is 0.256. The zero-order valence-corrected chi connectivity index (χ0v) is 10.7. The predicted octanol–water partition coefficient (Wildman–Crippen LogP) is 3.03. The lowest BCUT2D eigenvalue weighted by molar-refractivity contribution is -0.117. The zero-order valence-electron chi connectivity index (χ0n) is 10.7. The van der Waals surface area contributed by atoms with E-state index in [9.17, 15) is 4.79 Å². The number of hydrogen-bond donors (Lipinski definition) is 1. The second-order valence-electron chi connectivity index (χ2n) is 5.38. The third-order valence-electron chi connectivity index (χ3n) is 4.05. The molecule has 1 N–H and O–H groups in total. The molecule has 1 saturated heterocycles. The molecule has 0 atom stereocenters. The molecule has 2 fully saturated rings. The van der Waals surface area contributed by atoms with Gasteiger partial charge in [0.2, 0.25) is 5.91 Å². The van der Waals surface area contributed by atoms with Crippen molar-refractivity contribution in [2.24, 2.45) is 5.92 Å².